The molecule has 0 amide bonds. The fourth-order valence-corrected chi connectivity index (χ4v) is 2.32. The Kier molecular flexibility index (Phi) is 4.70. The Bertz CT molecular complexity index is 835. The number of benzene rings is 2. The van der Waals surface area contributed by atoms with Gasteiger partial charge in [-0.2, -0.15) is 0 Å². The molecule has 6 nitrogen and oxygen atoms in total. The first kappa shape index (κ1) is 16.6. The average molecular weight is 340 g/mol. The van der Waals surface area contributed by atoms with Gasteiger partial charge in [0.1, 0.15) is 17.2 Å². The summed E-state index contributed by atoms with van der Waals surface area (Å²) >= 11 is 0. The van der Waals surface area contributed by atoms with E-state index in [1.165, 1.54) is 12.1 Å². The number of ether oxygens (including phenoxy) is 3. The Morgan fingerprint density at radius 1 is 1.20 bits per heavy atom. The summed E-state index contributed by atoms with van der Waals surface area (Å²) in [6.07, 6.45) is 1.60. The monoisotopic (exact) mass is 340 g/mol. The van der Waals surface area contributed by atoms with E-state index in [0.717, 1.165) is 5.56 Å². The summed E-state index contributed by atoms with van der Waals surface area (Å²) in [4.78, 5) is 23.7. The number of carbonyl (C=O) groups is 2. The maximum atomic E-state index is 12.4. The van der Waals surface area contributed by atoms with Gasteiger partial charge in [-0.15, -0.1) is 0 Å². The summed E-state index contributed by atoms with van der Waals surface area (Å²) in [6.45, 7) is 1.79. The van der Waals surface area contributed by atoms with Crippen LogP contribution in [-0.2, 0) is 9.53 Å². The van der Waals surface area contributed by atoms with E-state index >= 15 is 0 Å². The lowest BCUT2D eigenvalue weighted by Crippen LogP contribution is -2.14. The summed E-state index contributed by atoms with van der Waals surface area (Å²) < 4.78 is 15.7. The normalized spacial score (nSPS) is 14.1. The van der Waals surface area contributed by atoms with Crippen molar-refractivity contribution < 1.29 is 28.9 Å². The molecule has 0 fully saturated rings. The summed E-state index contributed by atoms with van der Waals surface area (Å²) in [6, 6.07) is 11.2. The van der Waals surface area contributed by atoms with Crippen molar-refractivity contribution in [2.45, 2.75) is 6.92 Å². The van der Waals surface area contributed by atoms with Gasteiger partial charge in [0, 0.05) is 6.07 Å². The van der Waals surface area contributed by atoms with Crippen molar-refractivity contribution >= 4 is 17.8 Å². The van der Waals surface area contributed by atoms with Crippen molar-refractivity contribution in [1.82, 2.24) is 0 Å². The average Bonchev–Trinajstić information content (AvgIpc) is 2.91. The van der Waals surface area contributed by atoms with Gasteiger partial charge in [0.15, 0.2) is 12.4 Å². The van der Waals surface area contributed by atoms with Crippen molar-refractivity contribution in [2.24, 2.45) is 0 Å². The molecule has 0 spiro atoms. The van der Waals surface area contributed by atoms with Gasteiger partial charge in [-0.3, -0.25) is 4.79 Å². The lowest BCUT2D eigenvalue weighted by atomic mass is 10.1. The van der Waals surface area contributed by atoms with E-state index in [4.69, 9.17) is 14.2 Å². The van der Waals surface area contributed by atoms with E-state index in [1.54, 1.807) is 43.3 Å². The lowest BCUT2D eigenvalue weighted by molar-refractivity contribution is -0.145. The Hall–Kier alpha value is -3.28. The van der Waals surface area contributed by atoms with Crippen molar-refractivity contribution in [2.75, 3.05) is 13.2 Å². The Morgan fingerprint density at radius 2 is 1.96 bits per heavy atom. The summed E-state index contributed by atoms with van der Waals surface area (Å²) in [5.74, 6) is 0.408. The molecule has 6 heteroatoms. The second-order valence-corrected chi connectivity index (χ2v) is 5.28. The Morgan fingerprint density at radius 3 is 2.68 bits per heavy atom. The predicted molar refractivity (Wildman–Crippen MR) is 89.6 cm³/mol. The van der Waals surface area contributed by atoms with Gasteiger partial charge in [-0.1, -0.05) is 12.1 Å². The van der Waals surface area contributed by atoms with Crippen LogP contribution in [-0.4, -0.2) is 30.1 Å². The standard InChI is InChI=1S/C19H16O6/c1-2-23-18(21)11-24-14-7-8-15-16(10-14)25-17(19(15)22)9-12-3-5-13(20)6-4-12/h3-10,20H,2,11H2,1H3/b17-9-. The van der Waals surface area contributed by atoms with Crippen LogP contribution in [0.4, 0.5) is 0 Å². The molecule has 25 heavy (non-hydrogen) atoms. The SMILES string of the molecule is CCOC(=O)COc1ccc2c(c1)O/C(=C\c1ccc(O)cc1)C2=O. The highest BCUT2D eigenvalue weighted by molar-refractivity contribution is 6.14. The van der Waals surface area contributed by atoms with Gasteiger partial charge in [0.2, 0.25) is 5.78 Å². The second kappa shape index (κ2) is 7.09. The second-order valence-electron chi connectivity index (χ2n) is 5.28. The number of carbonyl (C=O) groups excluding carboxylic acids is 2. The van der Waals surface area contributed by atoms with Gasteiger partial charge >= 0.3 is 5.97 Å². The number of hydrogen-bond donors (Lipinski definition) is 1. The number of Topliss-reactive ketones (excluding diaryl/α,β-unsaturated/α-hetero) is 1. The maximum Gasteiger partial charge on any atom is 0.344 e. The van der Waals surface area contributed by atoms with Crippen LogP contribution in [0.1, 0.15) is 22.8 Å². The van der Waals surface area contributed by atoms with Crippen molar-refractivity contribution in [3.8, 4) is 17.2 Å². The van der Waals surface area contributed by atoms with E-state index in [0.29, 0.717) is 17.1 Å². The number of phenolic OH excluding ortho intramolecular Hbond substituents is 1. The van der Waals surface area contributed by atoms with E-state index in [9.17, 15) is 14.7 Å². The van der Waals surface area contributed by atoms with Crippen LogP contribution >= 0.6 is 0 Å². The van der Waals surface area contributed by atoms with Crippen LogP contribution in [0, 0.1) is 0 Å². The predicted octanol–water partition coefficient (Wildman–Crippen LogP) is 2.95. The molecule has 128 valence electrons. The third-order valence-electron chi connectivity index (χ3n) is 3.49. The molecule has 0 radical (unpaired) electrons. The number of esters is 1. The highest BCUT2D eigenvalue weighted by Crippen LogP contribution is 2.35. The largest absolute Gasteiger partial charge is 0.508 e. The van der Waals surface area contributed by atoms with E-state index in [-0.39, 0.29) is 30.5 Å². The van der Waals surface area contributed by atoms with Crippen molar-refractivity contribution in [3.63, 3.8) is 0 Å². The maximum absolute atomic E-state index is 12.4. The third-order valence-corrected chi connectivity index (χ3v) is 3.49. The molecule has 1 aliphatic rings. The zero-order valence-electron chi connectivity index (χ0n) is 13.5. The summed E-state index contributed by atoms with van der Waals surface area (Å²) in [5.41, 5.74) is 1.15. The Balaban J connectivity index is 1.74. The molecule has 3 rings (SSSR count). The first-order valence-corrected chi connectivity index (χ1v) is 7.72. The van der Waals surface area contributed by atoms with Gasteiger partial charge in [-0.25, -0.2) is 4.79 Å². The van der Waals surface area contributed by atoms with Crippen LogP contribution in [0.5, 0.6) is 17.2 Å². The lowest BCUT2D eigenvalue weighted by Gasteiger charge is -2.06. The van der Waals surface area contributed by atoms with Crippen LogP contribution in [0.2, 0.25) is 0 Å². The number of fused-ring (bicyclic) bond motifs is 1. The van der Waals surface area contributed by atoms with Gasteiger partial charge in [-0.05, 0) is 42.8 Å². The smallest absolute Gasteiger partial charge is 0.344 e. The van der Waals surface area contributed by atoms with Gasteiger partial charge in [0.25, 0.3) is 0 Å². The molecule has 0 bridgehead atoms. The van der Waals surface area contributed by atoms with Gasteiger partial charge in [0.05, 0.1) is 12.2 Å². The minimum Gasteiger partial charge on any atom is -0.508 e. The third kappa shape index (κ3) is 3.80. The quantitative estimate of drug-likeness (QED) is 0.666. The highest BCUT2D eigenvalue weighted by atomic mass is 16.6. The summed E-state index contributed by atoms with van der Waals surface area (Å²) in [7, 11) is 0. The molecule has 2 aromatic carbocycles. The molecule has 1 heterocycles. The minimum atomic E-state index is -0.465. The summed E-state index contributed by atoms with van der Waals surface area (Å²) in [5, 5.41) is 9.30. The van der Waals surface area contributed by atoms with E-state index in [1.807, 2.05) is 0 Å². The van der Waals surface area contributed by atoms with E-state index in [2.05, 4.69) is 0 Å². The minimum absolute atomic E-state index is 0.146. The van der Waals surface area contributed by atoms with Crippen molar-refractivity contribution in [1.29, 1.82) is 0 Å². The van der Waals surface area contributed by atoms with Crippen LogP contribution < -0.4 is 9.47 Å². The molecule has 1 N–H and O–H groups in total. The molecule has 0 aromatic heterocycles. The molecule has 1 aliphatic heterocycles. The number of allylic oxidation sites excluding steroid dienone is 1. The van der Waals surface area contributed by atoms with Crippen LogP contribution in [0.3, 0.4) is 0 Å². The number of phenols is 1. The molecular formula is C19H16O6. The van der Waals surface area contributed by atoms with E-state index < -0.39 is 5.97 Å². The molecule has 2 aromatic rings. The topological polar surface area (TPSA) is 82.1 Å². The molecule has 0 unspecified atom stereocenters. The first-order chi connectivity index (χ1) is 12.1. The highest BCUT2D eigenvalue weighted by Gasteiger charge is 2.27. The number of ketones is 1. The molecule has 0 atom stereocenters. The van der Waals surface area contributed by atoms with Crippen molar-refractivity contribution in [3.05, 3.63) is 59.4 Å². The number of hydrogen-bond acceptors (Lipinski definition) is 6. The zero-order chi connectivity index (χ0) is 17.8. The number of rotatable bonds is 5. The number of aromatic hydroxyl groups is 1. The molecule has 0 saturated heterocycles. The molecule has 0 saturated carbocycles. The molecule has 0 aliphatic carbocycles. The van der Waals surface area contributed by atoms with Gasteiger partial charge < -0.3 is 19.3 Å². The van der Waals surface area contributed by atoms with Crippen LogP contribution in [0.25, 0.3) is 6.08 Å². The first-order valence-electron chi connectivity index (χ1n) is 7.72. The zero-order valence-corrected chi connectivity index (χ0v) is 13.5. The molecular weight excluding hydrogens is 324 g/mol. The fraction of sp³-hybridized carbons (Fsp3) is 0.158. The Labute approximate surface area is 144 Å². The fourth-order valence-electron chi connectivity index (χ4n) is 2.32. The van der Waals surface area contributed by atoms with Crippen LogP contribution in [0.15, 0.2) is 48.2 Å².